The van der Waals surface area contributed by atoms with E-state index in [9.17, 15) is 4.79 Å². The third-order valence-electron chi connectivity index (χ3n) is 3.44. The van der Waals surface area contributed by atoms with Gasteiger partial charge in [0.15, 0.2) is 11.6 Å². The molecule has 110 valence electrons. The van der Waals surface area contributed by atoms with Crippen molar-refractivity contribution in [1.29, 1.82) is 0 Å². The van der Waals surface area contributed by atoms with Gasteiger partial charge in [0.1, 0.15) is 18.3 Å². The van der Waals surface area contributed by atoms with Crippen LogP contribution in [0.5, 0.6) is 0 Å². The second kappa shape index (κ2) is 4.70. The highest BCUT2D eigenvalue weighted by atomic mass is 16.8. The molecule has 19 heavy (non-hydrogen) atoms. The van der Waals surface area contributed by atoms with Gasteiger partial charge in [0.2, 0.25) is 0 Å². The first-order chi connectivity index (χ1) is 8.61. The topological polar surface area (TPSA) is 74.2 Å². The Morgan fingerprint density at radius 3 is 2.26 bits per heavy atom. The number of carboxylic acid groups (broad SMARTS) is 1. The average Bonchev–Trinajstić information content (AvgIpc) is 2.77. The quantitative estimate of drug-likeness (QED) is 0.838. The molecule has 0 saturated carbocycles. The van der Waals surface area contributed by atoms with Crippen LogP contribution in [0.25, 0.3) is 0 Å². The zero-order valence-electron chi connectivity index (χ0n) is 12.0. The van der Waals surface area contributed by atoms with Crippen molar-refractivity contribution in [3.05, 3.63) is 0 Å². The minimum atomic E-state index is -0.908. The standard InChI is InChI=1S/C13H22O6/c1-7(11(14)15)9-10(19-13(4,5)18-9)8-6-16-12(2,3)17-8/h7-10H,6H2,1-5H3,(H,14,15). The molecule has 0 aromatic rings. The second-order valence-electron chi connectivity index (χ2n) is 6.06. The normalized spacial score (nSPS) is 38.3. The maximum absolute atomic E-state index is 11.2. The van der Waals surface area contributed by atoms with Gasteiger partial charge in [0.05, 0.1) is 12.5 Å². The van der Waals surface area contributed by atoms with Gasteiger partial charge in [-0.05, 0) is 34.6 Å². The Morgan fingerprint density at radius 2 is 1.79 bits per heavy atom. The van der Waals surface area contributed by atoms with E-state index in [1.165, 1.54) is 0 Å². The Hall–Kier alpha value is -0.690. The summed E-state index contributed by atoms with van der Waals surface area (Å²) in [6.07, 6.45) is -1.30. The largest absolute Gasteiger partial charge is 0.481 e. The Kier molecular flexibility index (Phi) is 3.64. The van der Waals surface area contributed by atoms with Crippen LogP contribution in [0, 0.1) is 5.92 Å². The zero-order chi connectivity index (χ0) is 14.4. The van der Waals surface area contributed by atoms with Crippen molar-refractivity contribution in [3.63, 3.8) is 0 Å². The molecule has 0 bridgehead atoms. The first kappa shape index (κ1) is 14.7. The summed E-state index contributed by atoms with van der Waals surface area (Å²) in [5.41, 5.74) is 0. The molecule has 0 radical (unpaired) electrons. The molecule has 0 amide bonds. The van der Waals surface area contributed by atoms with Gasteiger partial charge in [-0.1, -0.05) is 0 Å². The molecule has 6 heteroatoms. The fourth-order valence-corrected chi connectivity index (χ4v) is 2.51. The van der Waals surface area contributed by atoms with Crippen LogP contribution in [-0.4, -0.2) is 47.6 Å². The fraction of sp³-hybridized carbons (Fsp3) is 0.923. The molecular formula is C13H22O6. The lowest BCUT2D eigenvalue weighted by molar-refractivity contribution is -0.175. The van der Waals surface area contributed by atoms with Gasteiger partial charge in [-0.3, -0.25) is 4.79 Å². The SMILES string of the molecule is CC(C(=O)O)C1OC(C)(C)OC1C1COC(C)(C)O1. The van der Waals surface area contributed by atoms with Crippen LogP contribution in [0.4, 0.5) is 0 Å². The summed E-state index contributed by atoms with van der Waals surface area (Å²) in [6.45, 7) is 9.18. The van der Waals surface area contributed by atoms with E-state index in [1.54, 1.807) is 20.8 Å². The zero-order valence-corrected chi connectivity index (χ0v) is 12.0. The van der Waals surface area contributed by atoms with Gasteiger partial charge in [-0.2, -0.15) is 0 Å². The lowest BCUT2D eigenvalue weighted by Crippen LogP contribution is -2.43. The Morgan fingerprint density at radius 1 is 1.16 bits per heavy atom. The summed E-state index contributed by atoms with van der Waals surface area (Å²) in [5, 5.41) is 9.17. The van der Waals surface area contributed by atoms with Crippen molar-refractivity contribution >= 4 is 5.97 Å². The summed E-state index contributed by atoms with van der Waals surface area (Å²) in [4.78, 5) is 11.2. The first-order valence-corrected chi connectivity index (χ1v) is 6.51. The van der Waals surface area contributed by atoms with E-state index in [-0.39, 0.29) is 6.10 Å². The number of hydrogen-bond acceptors (Lipinski definition) is 5. The number of carboxylic acids is 1. The highest BCUT2D eigenvalue weighted by Crippen LogP contribution is 2.38. The summed E-state index contributed by atoms with van der Waals surface area (Å²) in [6, 6.07) is 0. The monoisotopic (exact) mass is 274 g/mol. The van der Waals surface area contributed by atoms with Crippen molar-refractivity contribution in [1.82, 2.24) is 0 Å². The summed E-state index contributed by atoms with van der Waals surface area (Å²) in [5.74, 6) is -3.05. The number of ether oxygens (including phenoxy) is 4. The van der Waals surface area contributed by atoms with Gasteiger partial charge >= 0.3 is 5.97 Å². The van der Waals surface area contributed by atoms with E-state index >= 15 is 0 Å². The number of aliphatic carboxylic acids is 1. The minimum Gasteiger partial charge on any atom is -0.481 e. The molecule has 4 atom stereocenters. The van der Waals surface area contributed by atoms with E-state index in [0.717, 1.165) is 0 Å². The predicted molar refractivity (Wildman–Crippen MR) is 65.5 cm³/mol. The van der Waals surface area contributed by atoms with Crippen molar-refractivity contribution < 1.29 is 28.8 Å². The van der Waals surface area contributed by atoms with Crippen LogP contribution in [-0.2, 0) is 23.7 Å². The van der Waals surface area contributed by atoms with Gasteiger partial charge in [-0.15, -0.1) is 0 Å². The molecule has 2 heterocycles. The maximum atomic E-state index is 11.2. The lowest BCUT2D eigenvalue weighted by atomic mass is 9.97. The molecule has 4 unspecified atom stereocenters. The molecule has 0 aromatic heterocycles. The second-order valence-corrected chi connectivity index (χ2v) is 6.06. The molecule has 0 aliphatic carbocycles. The Bertz CT molecular complexity index is 364. The molecule has 2 fully saturated rings. The van der Waals surface area contributed by atoms with E-state index < -0.39 is 35.7 Å². The molecule has 2 saturated heterocycles. The van der Waals surface area contributed by atoms with Gasteiger partial charge in [0.25, 0.3) is 0 Å². The summed E-state index contributed by atoms with van der Waals surface area (Å²) >= 11 is 0. The Labute approximate surface area is 113 Å². The van der Waals surface area contributed by atoms with Crippen molar-refractivity contribution in [2.75, 3.05) is 6.61 Å². The van der Waals surface area contributed by atoms with Crippen molar-refractivity contribution in [3.8, 4) is 0 Å². The van der Waals surface area contributed by atoms with Gasteiger partial charge in [-0.25, -0.2) is 0 Å². The van der Waals surface area contributed by atoms with E-state index in [2.05, 4.69) is 0 Å². The highest BCUT2D eigenvalue weighted by molar-refractivity contribution is 5.70. The number of rotatable bonds is 3. The van der Waals surface area contributed by atoms with E-state index in [4.69, 9.17) is 24.1 Å². The molecule has 6 nitrogen and oxygen atoms in total. The molecule has 2 aliphatic rings. The number of carbonyl (C=O) groups is 1. The number of hydrogen-bond donors (Lipinski definition) is 1. The van der Waals surface area contributed by atoms with Gasteiger partial charge < -0.3 is 24.1 Å². The fourth-order valence-electron chi connectivity index (χ4n) is 2.51. The van der Waals surface area contributed by atoms with E-state index in [0.29, 0.717) is 6.61 Å². The molecular weight excluding hydrogens is 252 g/mol. The summed E-state index contributed by atoms with van der Waals surface area (Å²) < 4.78 is 22.8. The molecule has 2 aliphatic heterocycles. The van der Waals surface area contributed by atoms with Crippen LogP contribution in [0.3, 0.4) is 0 Å². The average molecular weight is 274 g/mol. The molecule has 1 N–H and O–H groups in total. The van der Waals surface area contributed by atoms with Crippen LogP contribution in [0.15, 0.2) is 0 Å². The predicted octanol–water partition coefficient (Wildman–Crippen LogP) is 1.38. The maximum Gasteiger partial charge on any atom is 0.308 e. The molecule has 0 spiro atoms. The van der Waals surface area contributed by atoms with E-state index in [1.807, 2.05) is 13.8 Å². The first-order valence-electron chi connectivity index (χ1n) is 6.51. The lowest BCUT2D eigenvalue weighted by Gasteiger charge is -2.25. The smallest absolute Gasteiger partial charge is 0.308 e. The van der Waals surface area contributed by atoms with Crippen LogP contribution in [0.2, 0.25) is 0 Å². The van der Waals surface area contributed by atoms with Crippen LogP contribution in [0.1, 0.15) is 34.6 Å². The minimum absolute atomic E-state index is 0.316. The molecule has 0 aromatic carbocycles. The third kappa shape index (κ3) is 3.08. The van der Waals surface area contributed by atoms with Crippen molar-refractivity contribution in [2.45, 2.75) is 64.5 Å². The molecule has 2 rings (SSSR count). The summed E-state index contributed by atoms with van der Waals surface area (Å²) in [7, 11) is 0. The highest BCUT2D eigenvalue weighted by Gasteiger charge is 2.52. The Balaban J connectivity index is 2.15. The van der Waals surface area contributed by atoms with Crippen LogP contribution >= 0.6 is 0 Å². The van der Waals surface area contributed by atoms with Crippen molar-refractivity contribution in [2.24, 2.45) is 5.92 Å². The third-order valence-corrected chi connectivity index (χ3v) is 3.44. The van der Waals surface area contributed by atoms with Gasteiger partial charge in [0, 0.05) is 0 Å². The van der Waals surface area contributed by atoms with Crippen LogP contribution < -0.4 is 0 Å².